The summed E-state index contributed by atoms with van der Waals surface area (Å²) in [6.45, 7) is 11.8. The van der Waals surface area contributed by atoms with Gasteiger partial charge < -0.3 is 34.3 Å². The van der Waals surface area contributed by atoms with E-state index in [4.69, 9.17) is 14.2 Å². The number of nitrogens with zero attached hydrogens (tertiary/aromatic N) is 5. The number of nitrogens with one attached hydrogen (secondary N) is 3. The first kappa shape index (κ1) is 47.3. The number of benzene rings is 3. The summed E-state index contributed by atoms with van der Waals surface area (Å²) in [6, 6.07) is 21.3. The molecular formula is C51H55FN8O8S2. The summed E-state index contributed by atoms with van der Waals surface area (Å²) in [5, 5.41) is 15.8. The standard InChI is InChI=1S/C51H55FN8O8S2/c1-51(2)14-11-34(43(27-51)48-24-35-31-59(16-13-47(35)69-48)37-5-3-36(52)4-6-37)30-57-17-19-58(20-18-57)38-7-9-42(46(25-38)68-39-23-33-12-15-53-49(33)55-28-39)50(61)56-70(64,65)41-8-10-44(45(26-41)60(62)63)54-29-40-32-66-21-22-67-40/h3-10,12,15,23-26,28,40,54H,11,13-14,16-22,27,29-32H2,1-2H3,(H,53,55)(H,56,61). The van der Waals surface area contributed by atoms with Crippen LogP contribution in [0.3, 0.4) is 0 Å². The maximum Gasteiger partial charge on any atom is 0.293 e. The van der Waals surface area contributed by atoms with Crippen molar-refractivity contribution in [3.05, 3.63) is 134 Å². The second-order valence-corrected chi connectivity index (χ2v) is 21.9. The highest BCUT2D eigenvalue weighted by Gasteiger charge is 2.32. The van der Waals surface area contributed by atoms with E-state index in [0.717, 1.165) is 81.2 Å². The van der Waals surface area contributed by atoms with Gasteiger partial charge in [0.2, 0.25) is 0 Å². The number of thiophene rings is 1. The first-order chi connectivity index (χ1) is 33.7. The van der Waals surface area contributed by atoms with Gasteiger partial charge in [-0.2, -0.15) is 0 Å². The van der Waals surface area contributed by atoms with E-state index < -0.39 is 31.4 Å². The maximum atomic E-state index is 14.0. The second-order valence-electron chi connectivity index (χ2n) is 19.1. The number of aromatic amines is 1. The fraction of sp³-hybridized carbons (Fsp3) is 0.373. The van der Waals surface area contributed by atoms with Crippen LogP contribution >= 0.6 is 11.3 Å². The average Bonchev–Trinajstić information content (AvgIpc) is 4.01. The predicted molar refractivity (Wildman–Crippen MR) is 268 cm³/mol. The highest BCUT2D eigenvalue weighted by Crippen LogP contribution is 2.46. The zero-order chi connectivity index (χ0) is 48.6. The van der Waals surface area contributed by atoms with Crippen LogP contribution in [0.25, 0.3) is 16.6 Å². The van der Waals surface area contributed by atoms with Crippen molar-refractivity contribution in [3.8, 4) is 11.5 Å². The highest BCUT2D eigenvalue weighted by molar-refractivity contribution is 7.90. The van der Waals surface area contributed by atoms with Crippen LogP contribution in [-0.4, -0.2) is 106 Å². The van der Waals surface area contributed by atoms with E-state index in [0.29, 0.717) is 44.3 Å². The van der Waals surface area contributed by atoms with E-state index in [9.17, 15) is 27.7 Å². The Balaban J connectivity index is 0.851. The molecular weight excluding hydrogens is 936 g/mol. The van der Waals surface area contributed by atoms with Crippen LogP contribution in [0.1, 0.15) is 58.8 Å². The van der Waals surface area contributed by atoms with Gasteiger partial charge in [0.05, 0.1) is 47.5 Å². The first-order valence-electron chi connectivity index (χ1n) is 23.6. The van der Waals surface area contributed by atoms with Crippen LogP contribution in [0, 0.1) is 21.3 Å². The van der Waals surface area contributed by atoms with Crippen LogP contribution in [0.2, 0.25) is 0 Å². The van der Waals surface area contributed by atoms with Gasteiger partial charge in [0.25, 0.3) is 21.6 Å². The van der Waals surface area contributed by atoms with Gasteiger partial charge in [-0.25, -0.2) is 22.5 Å². The van der Waals surface area contributed by atoms with Gasteiger partial charge >= 0.3 is 0 Å². The minimum atomic E-state index is -4.60. The Bertz CT molecular complexity index is 3070. The van der Waals surface area contributed by atoms with Gasteiger partial charge in [0.15, 0.2) is 0 Å². The number of carbonyl (C=O) groups is 1. The second kappa shape index (κ2) is 19.8. The van der Waals surface area contributed by atoms with Gasteiger partial charge in [0, 0.05) is 97.2 Å². The molecule has 0 spiro atoms. The molecule has 2 saturated heterocycles. The lowest BCUT2D eigenvalue weighted by Gasteiger charge is -2.39. The number of aromatic nitrogens is 2. The molecule has 19 heteroatoms. The van der Waals surface area contributed by atoms with Gasteiger partial charge in [0.1, 0.15) is 28.7 Å². The monoisotopic (exact) mass is 990 g/mol. The van der Waals surface area contributed by atoms with E-state index >= 15 is 0 Å². The molecule has 366 valence electrons. The summed E-state index contributed by atoms with van der Waals surface area (Å²) < 4.78 is 60.6. The Hall–Kier alpha value is -6.38. The van der Waals surface area contributed by atoms with E-state index in [1.54, 1.807) is 24.4 Å². The average molecular weight is 991 g/mol. The lowest BCUT2D eigenvalue weighted by molar-refractivity contribution is -0.384. The van der Waals surface area contributed by atoms with Crippen molar-refractivity contribution < 1.29 is 36.7 Å². The number of hydrogen-bond donors (Lipinski definition) is 3. The Morgan fingerprint density at radius 2 is 1.80 bits per heavy atom. The van der Waals surface area contributed by atoms with Crippen molar-refractivity contribution in [2.24, 2.45) is 5.41 Å². The number of allylic oxidation sites excluding steroid dienone is 1. The molecule has 0 saturated carbocycles. The lowest BCUT2D eigenvalue weighted by Crippen LogP contribution is -2.47. The van der Waals surface area contributed by atoms with Crippen LogP contribution in [0.15, 0.2) is 102 Å². The number of anilines is 3. The smallest absolute Gasteiger partial charge is 0.293 e. The molecule has 16 nitrogen and oxygen atoms in total. The Morgan fingerprint density at radius 1 is 0.986 bits per heavy atom. The molecule has 6 heterocycles. The number of carbonyl (C=O) groups excluding carboxylic acids is 1. The zero-order valence-corrected chi connectivity index (χ0v) is 40.7. The number of hydrogen-bond acceptors (Lipinski definition) is 14. The van der Waals surface area contributed by atoms with Crippen LogP contribution in [-0.2, 0) is 32.5 Å². The molecule has 0 radical (unpaired) electrons. The number of piperazine rings is 1. The Kier molecular flexibility index (Phi) is 13.4. The molecule has 4 aliphatic rings. The van der Waals surface area contributed by atoms with E-state index in [1.165, 1.54) is 63.0 Å². The number of ether oxygens (including phenoxy) is 3. The third kappa shape index (κ3) is 10.5. The summed E-state index contributed by atoms with van der Waals surface area (Å²) in [7, 11) is -4.60. The van der Waals surface area contributed by atoms with E-state index in [1.807, 2.05) is 29.5 Å². The van der Waals surface area contributed by atoms with Crippen molar-refractivity contribution in [1.82, 2.24) is 19.6 Å². The SMILES string of the molecule is CC1(C)CCC(CN2CCN(c3ccc(C(=O)NS(=O)(=O)c4ccc(NCC5COCCO5)c([N+](=O)[O-])c4)c(Oc4cnc5[nH]ccc5c4)c3)CC2)=C(c2cc3c(s2)CCN(c2ccc(F)cc2)C3)C1. The summed E-state index contributed by atoms with van der Waals surface area (Å²) in [4.78, 5) is 42.3. The first-order valence-corrected chi connectivity index (χ1v) is 25.9. The Morgan fingerprint density at radius 3 is 2.59 bits per heavy atom. The van der Waals surface area contributed by atoms with Gasteiger partial charge in [-0.05, 0) is 109 Å². The highest BCUT2D eigenvalue weighted by atomic mass is 32.2. The number of amides is 1. The van der Waals surface area contributed by atoms with E-state index in [2.05, 4.69) is 54.6 Å². The molecule has 2 fully saturated rings. The lowest BCUT2D eigenvalue weighted by atomic mass is 9.73. The molecule has 3 aliphatic heterocycles. The summed E-state index contributed by atoms with van der Waals surface area (Å²) >= 11 is 1.94. The molecule has 3 N–H and O–H groups in total. The maximum absolute atomic E-state index is 14.0. The molecule has 1 atom stereocenters. The number of rotatable bonds is 14. The number of fused-ring (bicyclic) bond motifs is 2. The van der Waals surface area contributed by atoms with Crippen LogP contribution < -0.4 is 24.6 Å². The molecule has 1 unspecified atom stereocenters. The molecule has 1 amide bonds. The number of halogens is 1. The third-order valence-corrected chi connectivity index (χ3v) is 16.2. The van der Waals surface area contributed by atoms with Crippen molar-refractivity contribution >= 4 is 66.6 Å². The van der Waals surface area contributed by atoms with Gasteiger partial charge in [-0.3, -0.25) is 19.8 Å². The zero-order valence-electron chi connectivity index (χ0n) is 39.0. The fourth-order valence-corrected chi connectivity index (χ4v) is 12.0. The topological polar surface area (TPSA) is 185 Å². The van der Waals surface area contributed by atoms with Crippen LogP contribution in [0.5, 0.6) is 11.5 Å². The number of H-pyrrole nitrogens is 1. The summed E-state index contributed by atoms with van der Waals surface area (Å²) in [6.07, 6.45) is 7.11. The minimum absolute atomic E-state index is 0.0549. The van der Waals surface area contributed by atoms with Gasteiger partial charge in [-0.1, -0.05) is 19.4 Å². The van der Waals surface area contributed by atoms with Crippen molar-refractivity contribution in [3.63, 3.8) is 0 Å². The van der Waals surface area contributed by atoms with Gasteiger partial charge in [-0.15, -0.1) is 11.3 Å². The molecule has 3 aromatic heterocycles. The summed E-state index contributed by atoms with van der Waals surface area (Å²) in [5.41, 5.74) is 6.58. The van der Waals surface area contributed by atoms with Crippen molar-refractivity contribution in [1.29, 1.82) is 0 Å². The fourth-order valence-electron chi connectivity index (χ4n) is 9.73. The molecule has 0 bridgehead atoms. The van der Waals surface area contributed by atoms with Crippen LogP contribution in [0.4, 0.5) is 27.1 Å². The number of sulfonamides is 1. The predicted octanol–water partition coefficient (Wildman–Crippen LogP) is 8.76. The van der Waals surface area contributed by atoms with E-state index in [-0.39, 0.29) is 40.9 Å². The third-order valence-electron chi connectivity index (χ3n) is 13.6. The molecule has 3 aromatic carbocycles. The number of nitro benzene ring substituents is 1. The normalized spacial score (nSPS) is 18.7. The minimum Gasteiger partial charge on any atom is -0.455 e. The largest absolute Gasteiger partial charge is 0.455 e. The quantitative estimate of drug-likeness (QED) is 0.0696. The molecule has 10 rings (SSSR count). The summed E-state index contributed by atoms with van der Waals surface area (Å²) in [5.74, 6) is -0.746. The molecule has 1 aliphatic carbocycles. The van der Waals surface area contributed by atoms with Crippen molar-refractivity contribution in [2.45, 2.75) is 57.1 Å². The number of nitro groups is 1. The van der Waals surface area contributed by atoms with Crippen molar-refractivity contribution in [2.75, 3.05) is 80.8 Å². The Labute approximate surface area is 409 Å². The number of pyridine rings is 1. The molecule has 70 heavy (non-hydrogen) atoms. The molecule has 6 aromatic rings.